The Kier molecular flexibility index (Phi) is 15.8. The van der Waals surface area contributed by atoms with Gasteiger partial charge in [-0.2, -0.15) is 4.89 Å². The van der Waals surface area contributed by atoms with E-state index >= 15 is 0 Å². The van der Waals surface area contributed by atoms with Crippen LogP contribution < -0.4 is 11.1 Å². The van der Waals surface area contributed by atoms with Crippen LogP contribution in [0.15, 0.2) is 0 Å². The molecule has 0 fully saturated rings. The minimum atomic E-state index is -0.944. The molecule has 2 amide bonds. The van der Waals surface area contributed by atoms with Gasteiger partial charge in [0.1, 0.15) is 0 Å². The molecule has 146 valence electrons. The van der Waals surface area contributed by atoms with Gasteiger partial charge in [0.25, 0.3) is 0 Å². The maximum atomic E-state index is 11.3. The average molecular weight is 360 g/mol. The minimum Gasteiger partial charge on any atom is -0.481 e. The third kappa shape index (κ3) is 20.1. The van der Waals surface area contributed by atoms with E-state index in [4.69, 9.17) is 10.8 Å². The zero-order chi connectivity index (χ0) is 18.8. The van der Waals surface area contributed by atoms with Gasteiger partial charge < -0.3 is 16.2 Å². The molecule has 4 N–H and O–H groups in total. The fourth-order valence-electron chi connectivity index (χ4n) is 2.34. The summed E-state index contributed by atoms with van der Waals surface area (Å²) in [5.41, 5.74) is 4.75. The molecule has 0 radical (unpaired) electrons. The van der Waals surface area contributed by atoms with Crippen LogP contribution in [0.3, 0.4) is 0 Å². The van der Waals surface area contributed by atoms with E-state index in [0.717, 1.165) is 38.5 Å². The second kappa shape index (κ2) is 17.0. The van der Waals surface area contributed by atoms with Crippen LogP contribution in [0, 0.1) is 0 Å². The van der Waals surface area contributed by atoms with Crippen molar-refractivity contribution in [3.05, 3.63) is 0 Å². The number of carbonyl (C=O) groups excluding carboxylic acids is 2. The van der Waals surface area contributed by atoms with Crippen LogP contribution in [0.4, 0.5) is 4.79 Å². The van der Waals surface area contributed by atoms with Crippen LogP contribution in [0.1, 0.15) is 77.0 Å². The number of carboxylic acid groups (broad SMARTS) is 1. The summed E-state index contributed by atoms with van der Waals surface area (Å²) < 4.78 is 0. The molecule has 0 spiro atoms. The molecule has 0 aliphatic carbocycles. The smallest absolute Gasteiger partial charge is 0.436 e. The number of nitrogens with two attached hydrogens (primary N) is 1. The van der Waals surface area contributed by atoms with Gasteiger partial charge in [-0.1, -0.05) is 51.4 Å². The molecule has 0 aromatic heterocycles. The molecule has 0 saturated heterocycles. The van der Waals surface area contributed by atoms with Crippen LogP contribution in [0.2, 0.25) is 0 Å². The maximum absolute atomic E-state index is 11.3. The summed E-state index contributed by atoms with van der Waals surface area (Å²) in [6.07, 6.45) is 10.1. The van der Waals surface area contributed by atoms with Crippen LogP contribution in [0.25, 0.3) is 0 Å². The number of carbonyl (C=O) groups is 3. The van der Waals surface area contributed by atoms with Crippen molar-refractivity contribution in [3.8, 4) is 0 Å². The summed E-state index contributed by atoms with van der Waals surface area (Å²) in [5, 5.41) is 11.2. The van der Waals surface area contributed by atoms with E-state index in [1.54, 1.807) is 0 Å². The quantitative estimate of drug-likeness (QED) is 0.208. The molecular weight excluding hydrogens is 328 g/mol. The number of carboxylic acids is 1. The predicted octanol–water partition coefficient (Wildman–Crippen LogP) is 2.90. The van der Waals surface area contributed by atoms with Crippen molar-refractivity contribution in [2.24, 2.45) is 5.73 Å². The van der Waals surface area contributed by atoms with E-state index in [1.807, 2.05) is 0 Å². The largest absolute Gasteiger partial charge is 0.481 e. The van der Waals surface area contributed by atoms with Gasteiger partial charge >= 0.3 is 12.1 Å². The number of primary amides is 1. The Morgan fingerprint density at radius 2 is 1.32 bits per heavy atom. The summed E-state index contributed by atoms with van der Waals surface area (Å²) in [5.74, 6) is -1.13. The van der Waals surface area contributed by atoms with Crippen molar-refractivity contribution in [2.75, 3.05) is 13.2 Å². The fraction of sp³-hybridized carbons (Fsp3) is 0.824. The number of amides is 2. The first-order chi connectivity index (χ1) is 12.0. The monoisotopic (exact) mass is 360 g/mol. The Morgan fingerprint density at radius 1 is 0.800 bits per heavy atom. The summed E-state index contributed by atoms with van der Waals surface area (Å²) in [7, 11) is 0. The molecular formula is C17H32N2O6. The first kappa shape index (κ1) is 23.2. The Labute approximate surface area is 149 Å². The third-order valence-corrected chi connectivity index (χ3v) is 3.68. The lowest BCUT2D eigenvalue weighted by Crippen LogP contribution is -2.24. The molecule has 0 bridgehead atoms. The van der Waals surface area contributed by atoms with Crippen LogP contribution in [-0.4, -0.2) is 36.2 Å². The minimum absolute atomic E-state index is 0.0552. The van der Waals surface area contributed by atoms with Crippen molar-refractivity contribution < 1.29 is 29.3 Å². The van der Waals surface area contributed by atoms with Crippen molar-refractivity contribution in [1.82, 2.24) is 5.32 Å². The van der Waals surface area contributed by atoms with Gasteiger partial charge in [0.2, 0.25) is 5.91 Å². The Morgan fingerprint density at radius 3 is 1.84 bits per heavy atom. The number of hydrogen-bond acceptors (Lipinski definition) is 5. The van der Waals surface area contributed by atoms with Gasteiger partial charge in [-0.3, -0.25) is 14.5 Å². The number of hydrogen-bond donors (Lipinski definition) is 3. The zero-order valence-corrected chi connectivity index (χ0v) is 15.0. The summed E-state index contributed by atoms with van der Waals surface area (Å²) in [6.45, 7) is 1.01. The molecule has 0 aromatic rings. The van der Waals surface area contributed by atoms with Gasteiger partial charge in [-0.15, -0.1) is 0 Å². The highest BCUT2D eigenvalue weighted by molar-refractivity contribution is 5.80. The number of aliphatic carboxylic acids is 1. The van der Waals surface area contributed by atoms with E-state index in [-0.39, 0.29) is 18.7 Å². The molecule has 8 nitrogen and oxygen atoms in total. The molecule has 0 aliphatic rings. The van der Waals surface area contributed by atoms with Crippen molar-refractivity contribution in [2.45, 2.75) is 77.0 Å². The van der Waals surface area contributed by atoms with Crippen molar-refractivity contribution >= 4 is 18.0 Å². The second-order valence-electron chi connectivity index (χ2n) is 6.00. The number of unbranched alkanes of at least 4 members (excludes halogenated alkanes) is 9. The molecule has 0 atom stereocenters. The lowest BCUT2D eigenvalue weighted by molar-refractivity contribution is -0.236. The van der Waals surface area contributed by atoms with E-state index < -0.39 is 12.1 Å². The Hall–Kier alpha value is -1.83. The normalized spacial score (nSPS) is 10.4. The third-order valence-electron chi connectivity index (χ3n) is 3.68. The van der Waals surface area contributed by atoms with Crippen LogP contribution >= 0.6 is 0 Å². The maximum Gasteiger partial charge on any atom is 0.436 e. The van der Waals surface area contributed by atoms with Crippen LogP contribution in [-0.2, 0) is 19.4 Å². The van der Waals surface area contributed by atoms with E-state index in [9.17, 15) is 14.4 Å². The van der Waals surface area contributed by atoms with E-state index in [1.165, 1.54) is 25.7 Å². The highest BCUT2D eigenvalue weighted by Crippen LogP contribution is 2.10. The first-order valence-corrected chi connectivity index (χ1v) is 9.09. The van der Waals surface area contributed by atoms with Gasteiger partial charge in [0.15, 0.2) is 0 Å². The molecule has 0 aromatic carbocycles. The molecule has 0 rings (SSSR count). The van der Waals surface area contributed by atoms with Crippen molar-refractivity contribution in [1.29, 1.82) is 0 Å². The van der Waals surface area contributed by atoms with Gasteiger partial charge in [0, 0.05) is 13.0 Å². The summed E-state index contributed by atoms with van der Waals surface area (Å²) in [6, 6.07) is 0. The van der Waals surface area contributed by atoms with Crippen LogP contribution in [0.5, 0.6) is 0 Å². The van der Waals surface area contributed by atoms with Crippen molar-refractivity contribution in [3.63, 3.8) is 0 Å². The SMILES string of the molecule is NC(=O)OOCCCCCCCCCCCCNC(=O)CCC(=O)O. The lowest BCUT2D eigenvalue weighted by Gasteiger charge is -2.05. The first-order valence-electron chi connectivity index (χ1n) is 9.09. The second-order valence-corrected chi connectivity index (χ2v) is 6.00. The topological polar surface area (TPSA) is 128 Å². The Balaban J connectivity index is 3.13. The van der Waals surface area contributed by atoms with E-state index in [0.29, 0.717) is 13.2 Å². The average Bonchev–Trinajstić information content (AvgIpc) is 2.56. The molecule has 8 heteroatoms. The van der Waals surface area contributed by atoms with E-state index in [2.05, 4.69) is 15.1 Å². The summed E-state index contributed by atoms with van der Waals surface area (Å²) in [4.78, 5) is 40.6. The number of rotatable bonds is 17. The van der Waals surface area contributed by atoms with Gasteiger partial charge in [-0.25, -0.2) is 4.79 Å². The zero-order valence-electron chi connectivity index (χ0n) is 15.0. The molecule has 25 heavy (non-hydrogen) atoms. The molecule has 0 unspecified atom stereocenters. The molecule has 0 saturated carbocycles. The standard InChI is InChI=1S/C17H32N2O6/c18-17(23)25-24-14-10-8-6-4-2-1-3-5-7-9-13-19-15(20)11-12-16(21)22/h1-14H2,(H2,18,23)(H,19,20)(H,21,22). The number of nitrogens with one attached hydrogen (secondary N) is 1. The molecule has 0 aliphatic heterocycles. The molecule has 0 heterocycles. The highest BCUT2D eigenvalue weighted by atomic mass is 17.2. The predicted molar refractivity (Wildman–Crippen MR) is 92.7 cm³/mol. The highest BCUT2D eigenvalue weighted by Gasteiger charge is 2.04. The van der Waals surface area contributed by atoms with Gasteiger partial charge in [-0.05, 0) is 12.8 Å². The fourth-order valence-corrected chi connectivity index (χ4v) is 2.34. The summed E-state index contributed by atoms with van der Waals surface area (Å²) >= 11 is 0. The van der Waals surface area contributed by atoms with Gasteiger partial charge in [0.05, 0.1) is 13.0 Å². The lowest BCUT2D eigenvalue weighted by atomic mass is 10.1. The Bertz CT molecular complexity index is 376.